The Labute approximate surface area is 122 Å². The van der Waals surface area contributed by atoms with Crippen molar-refractivity contribution in [3.63, 3.8) is 0 Å². The molecule has 0 amide bonds. The van der Waals surface area contributed by atoms with Crippen LogP contribution in [0.3, 0.4) is 0 Å². The minimum absolute atomic E-state index is 0.0271. The Hall–Kier alpha value is -0.940. The molecule has 4 nitrogen and oxygen atoms in total. The third-order valence-corrected chi connectivity index (χ3v) is 3.91. The van der Waals surface area contributed by atoms with Crippen LogP contribution in [-0.4, -0.2) is 58.5 Å². The Balaban J connectivity index is 1.99. The molecule has 20 heavy (non-hydrogen) atoms. The first-order chi connectivity index (χ1) is 9.85. The van der Waals surface area contributed by atoms with Crippen molar-refractivity contribution in [2.24, 2.45) is 0 Å². The number of piperazine rings is 1. The third-order valence-electron chi connectivity index (χ3n) is 3.91. The zero-order chi connectivity index (χ0) is 14.2. The van der Waals surface area contributed by atoms with Gasteiger partial charge in [-0.3, -0.25) is 0 Å². The standard InChI is InChI=1S/C16H26N2O2/c1-19-13-16(20-2)15-6-4-3-5-14(15)7-10-18-11-8-17-9-12-18/h3-6,16-17H,7-13H2,1-2H3. The summed E-state index contributed by atoms with van der Waals surface area (Å²) in [4.78, 5) is 2.52. The van der Waals surface area contributed by atoms with Crippen molar-refractivity contribution in [3.05, 3.63) is 35.4 Å². The average molecular weight is 278 g/mol. The molecule has 4 heteroatoms. The lowest BCUT2D eigenvalue weighted by Gasteiger charge is -2.27. The smallest absolute Gasteiger partial charge is 0.106 e. The maximum absolute atomic E-state index is 5.56. The van der Waals surface area contributed by atoms with Crippen LogP contribution in [0.4, 0.5) is 0 Å². The summed E-state index contributed by atoms with van der Waals surface area (Å²) in [5.41, 5.74) is 2.63. The van der Waals surface area contributed by atoms with Gasteiger partial charge in [0.2, 0.25) is 0 Å². The Morgan fingerprint density at radius 3 is 2.65 bits per heavy atom. The van der Waals surface area contributed by atoms with Crippen LogP contribution in [0.2, 0.25) is 0 Å². The van der Waals surface area contributed by atoms with E-state index in [4.69, 9.17) is 9.47 Å². The van der Waals surface area contributed by atoms with E-state index in [0.717, 1.165) is 39.1 Å². The summed E-state index contributed by atoms with van der Waals surface area (Å²) in [6, 6.07) is 8.54. The molecule has 1 aliphatic heterocycles. The molecule has 1 aliphatic rings. The molecule has 112 valence electrons. The van der Waals surface area contributed by atoms with Gasteiger partial charge in [0.15, 0.2) is 0 Å². The molecule has 0 aromatic heterocycles. The Bertz CT molecular complexity index is 392. The van der Waals surface area contributed by atoms with E-state index in [1.165, 1.54) is 11.1 Å². The summed E-state index contributed by atoms with van der Waals surface area (Å²) in [5.74, 6) is 0. The highest BCUT2D eigenvalue weighted by atomic mass is 16.5. The molecule has 0 bridgehead atoms. The van der Waals surface area contributed by atoms with Gasteiger partial charge >= 0.3 is 0 Å². The van der Waals surface area contributed by atoms with Crippen LogP contribution < -0.4 is 5.32 Å². The quantitative estimate of drug-likeness (QED) is 0.819. The number of rotatable bonds is 7. The predicted octanol–water partition coefficient (Wildman–Crippen LogP) is 1.47. The number of nitrogens with one attached hydrogen (secondary N) is 1. The summed E-state index contributed by atoms with van der Waals surface area (Å²) in [6.45, 7) is 6.21. The molecule has 2 rings (SSSR count). The van der Waals surface area contributed by atoms with Crippen molar-refractivity contribution in [1.29, 1.82) is 0 Å². The predicted molar refractivity (Wildman–Crippen MR) is 81.1 cm³/mol. The Morgan fingerprint density at radius 2 is 1.95 bits per heavy atom. The number of nitrogens with zero attached hydrogens (tertiary/aromatic N) is 1. The van der Waals surface area contributed by atoms with Crippen molar-refractivity contribution in [1.82, 2.24) is 10.2 Å². The fraction of sp³-hybridized carbons (Fsp3) is 0.625. The van der Waals surface area contributed by atoms with Gasteiger partial charge in [0.05, 0.1) is 6.61 Å². The van der Waals surface area contributed by atoms with E-state index in [-0.39, 0.29) is 6.10 Å². The zero-order valence-electron chi connectivity index (χ0n) is 12.6. The van der Waals surface area contributed by atoms with Gasteiger partial charge in [0.1, 0.15) is 6.10 Å². The van der Waals surface area contributed by atoms with Gasteiger partial charge in [-0.05, 0) is 17.5 Å². The van der Waals surface area contributed by atoms with Crippen molar-refractivity contribution in [2.75, 3.05) is 53.6 Å². The molecule has 0 spiro atoms. The van der Waals surface area contributed by atoms with Crippen molar-refractivity contribution < 1.29 is 9.47 Å². The molecule has 1 aromatic rings. The van der Waals surface area contributed by atoms with Crippen LogP contribution >= 0.6 is 0 Å². The first-order valence-corrected chi connectivity index (χ1v) is 7.37. The number of benzene rings is 1. The van der Waals surface area contributed by atoms with E-state index in [2.05, 4.69) is 34.5 Å². The lowest BCUT2D eigenvalue weighted by molar-refractivity contribution is 0.0269. The minimum atomic E-state index is 0.0271. The van der Waals surface area contributed by atoms with E-state index in [0.29, 0.717) is 6.61 Å². The van der Waals surface area contributed by atoms with Gasteiger partial charge in [-0.15, -0.1) is 0 Å². The van der Waals surface area contributed by atoms with E-state index in [1.807, 2.05) is 0 Å². The molecule has 1 heterocycles. The molecule has 0 saturated carbocycles. The highest BCUT2D eigenvalue weighted by Crippen LogP contribution is 2.22. The van der Waals surface area contributed by atoms with Crippen LogP contribution in [0.15, 0.2) is 24.3 Å². The molecular weight excluding hydrogens is 252 g/mol. The molecule has 0 aliphatic carbocycles. The zero-order valence-corrected chi connectivity index (χ0v) is 12.6. The SMILES string of the molecule is COCC(OC)c1ccccc1CCN1CCNCC1. The van der Waals surface area contributed by atoms with Gasteiger partial charge in [-0.2, -0.15) is 0 Å². The maximum atomic E-state index is 5.56. The van der Waals surface area contributed by atoms with Gasteiger partial charge in [-0.1, -0.05) is 24.3 Å². The van der Waals surface area contributed by atoms with Crippen LogP contribution in [0.5, 0.6) is 0 Å². The fourth-order valence-corrected chi connectivity index (χ4v) is 2.73. The monoisotopic (exact) mass is 278 g/mol. The molecule has 1 N–H and O–H groups in total. The highest BCUT2D eigenvalue weighted by molar-refractivity contribution is 5.29. The van der Waals surface area contributed by atoms with Gasteiger partial charge < -0.3 is 19.7 Å². The molecule has 1 atom stereocenters. The van der Waals surface area contributed by atoms with Gasteiger partial charge in [-0.25, -0.2) is 0 Å². The first kappa shape index (κ1) is 15.4. The molecule has 1 aromatic carbocycles. The molecule has 1 fully saturated rings. The number of hydrogen-bond donors (Lipinski definition) is 1. The molecule has 1 unspecified atom stereocenters. The largest absolute Gasteiger partial charge is 0.382 e. The number of methoxy groups -OCH3 is 2. The van der Waals surface area contributed by atoms with Crippen LogP contribution in [0.1, 0.15) is 17.2 Å². The van der Waals surface area contributed by atoms with E-state index < -0.39 is 0 Å². The van der Waals surface area contributed by atoms with Crippen LogP contribution in [0, 0.1) is 0 Å². The van der Waals surface area contributed by atoms with Crippen LogP contribution in [-0.2, 0) is 15.9 Å². The first-order valence-electron chi connectivity index (χ1n) is 7.37. The summed E-state index contributed by atoms with van der Waals surface area (Å²) in [6.07, 6.45) is 1.10. The Kier molecular flexibility index (Phi) is 6.47. The van der Waals surface area contributed by atoms with Crippen molar-refractivity contribution >= 4 is 0 Å². The van der Waals surface area contributed by atoms with Crippen molar-refractivity contribution in [3.8, 4) is 0 Å². The van der Waals surface area contributed by atoms with Gasteiger partial charge in [0.25, 0.3) is 0 Å². The van der Waals surface area contributed by atoms with Gasteiger partial charge in [0, 0.05) is 46.9 Å². The lowest BCUT2D eigenvalue weighted by atomic mass is 10.00. The summed E-state index contributed by atoms with van der Waals surface area (Å²) >= 11 is 0. The highest BCUT2D eigenvalue weighted by Gasteiger charge is 2.15. The molecule has 1 saturated heterocycles. The lowest BCUT2D eigenvalue weighted by Crippen LogP contribution is -2.44. The second-order valence-corrected chi connectivity index (χ2v) is 5.22. The van der Waals surface area contributed by atoms with Crippen molar-refractivity contribution in [2.45, 2.75) is 12.5 Å². The summed E-state index contributed by atoms with van der Waals surface area (Å²) in [5, 5.41) is 3.39. The Morgan fingerprint density at radius 1 is 1.20 bits per heavy atom. The summed E-state index contributed by atoms with van der Waals surface area (Å²) < 4.78 is 10.8. The number of hydrogen-bond acceptors (Lipinski definition) is 4. The number of ether oxygens (including phenoxy) is 2. The van der Waals surface area contributed by atoms with Crippen LogP contribution in [0.25, 0.3) is 0 Å². The third kappa shape index (κ3) is 4.28. The summed E-state index contributed by atoms with van der Waals surface area (Å²) in [7, 11) is 3.46. The van der Waals surface area contributed by atoms with E-state index in [1.54, 1.807) is 14.2 Å². The molecular formula is C16H26N2O2. The average Bonchev–Trinajstić information content (AvgIpc) is 2.52. The maximum Gasteiger partial charge on any atom is 0.106 e. The molecule has 0 radical (unpaired) electrons. The van der Waals surface area contributed by atoms with E-state index in [9.17, 15) is 0 Å². The van der Waals surface area contributed by atoms with E-state index >= 15 is 0 Å². The minimum Gasteiger partial charge on any atom is -0.382 e. The normalized spacial score (nSPS) is 18.1. The fourth-order valence-electron chi connectivity index (χ4n) is 2.73. The second-order valence-electron chi connectivity index (χ2n) is 5.22. The topological polar surface area (TPSA) is 33.7 Å². The second kappa shape index (κ2) is 8.37.